The van der Waals surface area contributed by atoms with Crippen LogP contribution in [0.15, 0.2) is 40.9 Å². The molecule has 100 valence electrons. The van der Waals surface area contributed by atoms with Crippen LogP contribution in [0.3, 0.4) is 0 Å². The molecular weight excluding hydrogens is 336 g/mol. The molecule has 2 aromatic carbocycles. The maximum Gasteiger partial charge on any atom is 0.161 e. The number of halogens is 2. The van der Waals surface area contributed by atoms with Crippen LogP contribution >= 0.6 is 27.5 Å². The van der Waals surface area contributed by atoms with Crippen LogP contribution in [0.4, 0.5) is 0 Å². The number of rotatable bonds is 1. The minimum atomic E-state index is 0.476. The molecular formula is C16H12BrClN2. The zero-order valence-corrected chi connectivity index (χ0v) is 13.5. The second kappa shape index (κ2) is 5.15. The van der Waals surface area contributed by atoms with Crippen molar-refractivity contribution in [3.63, 3.8) is 0 Å². The van der Waals surface area contributed by atoms with E-state index in [9.17, 15) is 0 Å². The molecule has 0 radical (unpaired) electrons. The Bertz CT molecular complexity index is 815. The molecule has 3 rings (SSSR count). The first-order chi connectivity index (χ1) is 9.54. The lowest BCUT2D eigenvalue weighted by molar-refractivity contribution is 1.22. The minimum absolute atomic E-state index is 0.476. The van der Waals surface area contributed by atoms with Gasteiger partial charge in [-0.1, -0.05) is 39.7 Å². The van der Waals surface area contributed by atoms with Crippen LogP contribution in [0.5, 0.6) is 0 Å². The van der Waals surface area contributed by atoms with Gasteiger partial charge in [0.15, 0.2) is 5.82 Å². The molecule has 0 N–H and O–H groups in total. The van der Waals surface area contributed by atoms with Crippen LogP contribution in [0.2, 0.25) is 5.15 Å². The van der Waals surface area contributed by atoms with Crippen molar-refractivity contribution >= 4 is 38.4 Å². The first kappa shape index (κ1) is 13.5. The van der Waals surface area contributed by atoms with E-state index in [0.717, 1.165) is 20.9 Å². The quantitative estimate of drug-likeness (QED) is 0.556. The summed E-state index contributed by atoms with van der Waals surface area (Å²) in [6.45, 7) is 4.17. The summed E-state index contributed by atoms with van der Waals surface area (Å²) in [5.41, 5.74) is 4.31. The predicted octanol–water partition coefficient (Wildman–Crippen LogP) is 5.33. The van der Waals surface area contributed by atoms with Gasteiger partial charge in [0.1, 0.15) is 5.15 Å². The van der Waals surface area contributed by atoms with Gasteiger partial charge in [-0.2, -0.15) is 0 Å². The van der Waals surface area contributed by atoms with Crippen molar-refractivity contribution in [1.29, 1.82) is 0 Å². The van der Waals surface area contributed by atoms with E-state index in [1.165, 1.54) is 11.1 Å². The Hall–Kier alpha value is -1.45. The third-order valence-corrected chi connectivity index (χ3v) is 4.16. The van der Waals surface area contributed by atoms with E-state index in [-0.39, 0.29) is 0 Å². The smallest absolute Gasteiger partial charge is 0.161 e. The summed E-state index contributed by atoms with van der Waals surface area (Å²) in [5, 5.41) is 1.33. The second-order valence-electron chi connectivity index (χ2n) is 4.80. The number of nitrogens with zero attached hydrogens (tertiary/aromatic N) is 2. The van der Waals surface area contributed by atoms with Crippen LogP contribution < -0.4 is 0 Å². The van der Waals surface area contributed by atoms with E-state index in [1.807, 2.05) is 24.3 Å². The molecule has 2 nitrogen and oxygen atoms in total. The number of fused-ring (bicyclic) bond motifs is 1. The molecule has 0 unspecified atom stereocenters. The fourth-order valence-corrected chi connectivity index (χ4v) is 2.67. The van der Waals surface area contributed by atoms with Crippen LogP contribution in [0, 0.1) is 13.8 Å². The fraction of sp³-hybridized carbons (Fsp3) is 0.125. The highest BCUT2D eigenvalue weighted by Crippen LogP contribution is 2.27. The molecule has 3 aromatic rings. The molecule has 0 bridgehead atoms. The zero-order valence-electron chi connectivity index (χ0n) is 11.1. The normalized spacial score (nSPS) is 11.0. The largest absolute Gasteiger partial charge is 0.228 e. The third kappa shape index (κ3) is 2.43. The highest BCUT2D eigenvalue weighted by atomic mass is 79.9. The fourth-order valence-electron chi connectivity index (χ4n) is 2.07. The van der Waals surface area contributed by atoms with Gasteiger partial charge in [-0.15, -0.1) is 0 Å². The predicted molar refractivity (Wildman–Crippen MR) is 87.2 cm³/mol. The van der Waals surface area contributed by atoms with E-state index >= 15 is 0 Å². The van der Waals surface area contributed by atoms with Crippen molar-refractivity contribution in [2.24, 2.45) is 0 Å². The summed E-state index contributed by atoms with van der Waals surface area (Å²) in [6, 6.07) is 12.0. The Morgan fingerprint density at radius 3 is 2.50 bits per heavy atom. The molecule has 0 saturated heterocycles. The van der Waals surface area contributed by atoms with Gasteiger partial charge in [0.2, 0.25) is 0 Å². The molecule has 1 heterocycles. The van der Waals surface area contributed by atoms with Crippen molar-refractivity contribution in [3.8, 4) is 11.4 Å². The van der Waals surface area contributed by atoms with E-state index in [0.29, 0.717) is 11.0 Å². The van der Waals surface area contributed by atoms with Gasteiger partial charge in [-0.05, 0) is 49.2 Å². The van der Waals surface area contributed by atoms with Crippen molar-refractivity contribution < 1.29 is 0 Å². The Balaban J connectivity index is 2.21. The lowest BCUT2D eigenvalue weighted by Crippen LogP contribution is -1.93. The SMILES string of the molecule is Cc1ccc(-c2nc(Cl)c3cc(Br)ccc3n2)cc1C. The van der Waals surface area contributed by atoms with Gasteiger partial charge in [0.05, 0.1) is 5.52 Å². The molecule has 0 aliphatic heterocycles. The number of aryl methyl sites for hydroxylation is 2. The summed E-state index contributed by atoms with van der Waals surface area (Å²) in [7, 11) is 0. The van der Waals surface area contributed by atoms with E-state index in [2.05, 4.69) is 51.9 Å². The monoisotopic (exact) mass is 346 g/mol. The maximum absolute atomic E-state index is 6.28. The molecule has 0 fully saturated rings. The summed E-state index contributed by atoms with van der Waals surface area (Å²) >= 11 is 9.72. The topological polar surface area (TPSA) is 25.8 Å². The van der Waals surface area contributed by atoms with Crippen molar-refractivity contribution in [1.82, 2.24) is 9.97 Å². The maximum atomic E-state index is 6.28. The first-order valence-corrected chi connectivity index (χ1v) is 7.42. The van der Waals surface area contributed by atoms with Crippen molar-refractivity contribution in [3.05, 3.63) is 57.2 Å². The van der Waals surface area contributed by atoms with Crippen molar-refractivity contribution in [2.75, 3.05) is 0 Å². The zero-order chi connectivity index (χ0) is 14.3. The molecule has 0 spiro atoms. The van der Waals surface area contributed by atoms with Gasteiger partial charge in [-0.25, -0.2) is 9.97 Å². The standard InChI is InChI=1S/C16H12BrClN2/c1-9-3-4-11(7-10(9)2)16-19-14-6-5-12(17)8-13(14)15(18)20-16/h3-8H,1-2H3. The number of hydrogen-bond acceptors (Lipinski definition) is 2. The summed E-state index contributed by atoms with van der Waals surface area (Å²) in [5.74, 6) is 0.660. The third-order valence-electron chi connectivity index (χ3n) is 3.38. The Kier molecular flexibility index (Phi) is 3.48. The lowest BCUT2D eigenvalue weighted by Gasteiger charge is -2.07. The molecule has 0 aliphatic carbocycles. The van der Waals surface area contributed by atoms with E-state index in [1.54, 1.807) is 0 Å². The highest BCUT2D eigenvalue weighted by molar-refractivity contribution is 9.10. The van der Waals surface area contributed by atoms with Gasteiger partial charge < -0.3 is 0 Å². The van der Waals surface area contributed by atoms with Crippen LogP contribution in [0.1, 0.15) is 11.1 Å². The van der Waals surface area contributed by atoms with E-state index < -0.39 is 0 Å². The van der Waals surface area contributed by atoms with Gasteiger partial charge in [0.25, 0.3) is 0 Å². The van der Waals surface area contributed by atoms with Crippen LogP contribution in [-0.2, 0) is 0 Å². The first-order valence-electron chi connectivity index (χ1n) is 6.25. The molecule has 4 heteroatoms. The lowest BCUT2D eigenvalue weighted by atomic mass is 10.1. The molecule has 1 aromatic heterocycles. The van der Waals surface area contributed by atoms with Gasteiger partial charge in [-0.3, -0.25) is 0 Å². The van der Waals surface area contributed by atoms with Crippen molar-refractivity contribution in [2.45, 2.75) is 13.8 Å². The second-order valence-corrected chi connectivity index (χ2v) is 6.07. The number of aromatic nitrogens is 2. The number of benzene rings is 2. The summed E-state index contributed by atoms with van der Waals surface area (Å²) in [4.78, 5) is 9.02. The Labute approximate surface area is 131 Å². The molecule has 0 saturated carbocycles. The van der Waals surface area contributed by atoms with E-state index in [4.69, 9.17) is 11.6 Å². The molecule has 0 aliphatic rings. The average Bonchev–Trinajstić information content (AvgIpc) is 2.42. The minimum Gasteiger partial charge on any atom is -0.228 e. The molecule has 0 atom stereocenters. The Morgan fingerprint density at radius 1 is 0.950 bits per heavy atom. The molecule has 0 amide bonds. The summed E-state index contributed by atoms with van der Waals surface area (Å²) in [6.07, 6.45) is 0. The van der Waals surface area contributed by atoms with Gasteiger partial charge in [0, 0.05) is 15.4 Å². The van der Waals surface area contributed by atoms with Gasteiger partial charge >= 0.3 is 0 Å². The van der Waals surface area contributed by atoms with Crippen LogP contribution in [0.25, 0.3) is 22.3 Å². The highest BCUT2D eigenvalue weighted by Gasteiger charge is 2.09. The average molecular weight is 348 g/mol. The van der Waals surface area contributed by atoms with Crippen LogP contribution in [-0.4, -0.2) is 9.97 Å². The number of hydrogen-bond donors (Lipinski definition) is 0. The molecule has 20 heavy (non-hydrogen) atoms. The summed E-state index contributed by atoms with van der Waals surface area (Å²) < 4.78 is 0.967. The Morgan fingerprint density at radius 2 is 1.75 bits per heavy atom.